The summed E-state index contributed by atoms with van der Waals surface area (Å²) < 4.78 is 1.93. The van der Waals surface area contributed by atoms with Gasteiger partial charge >= 0.3 is 0 Å². The monoisotopic (exact) mass is 350 g/mol. The molecule has 4 aromatic heterocycles. The third-order valence-electron chi connectivity index (χ3n) is 4.87. The molecule has 0 aliphatic rings. The first-order valence-electron chi connectivity index (χ1n) is 9.13. The van der Waals surface area contributed by atoms with Gasteiger partial charge in [0.15, 0.2) is 0 Å². The Bertz CT molecular complexity index is 1260. The summed E-state index contributed by atoms with van der Waals surface area (Å²) in [5, 5.41) is 5.99. The molecule has 27 heavy (non-hydrogen) atoms. The van der Waals surface area contributed by atoms with Crippen LogP contribution < -0.4 is 0 Å². The van der Waals surface area contributed by atoms with Crippen LogP contribution in [0.5, 0.6) is 0 Å². The Labute approximate surface area is 157 Å². The molecule has 5 aromatic rings. The molecule has 130 valence electrons. The molecule has 4 heterocycles. The Morgan fingerprint density at radius 1 is 0.889 bits per heavy atom. The second kappa shape index (κ2) is 6.32. The van der Waals surface area contributed by atoms with Crippen LogP contribution in [0.3, 0.4) is 0 Å². The largest absolute Gasteiger partial charge is 0.256 e. The molecule has 0 N–H and O–H groups in total. The fourth-order valence-corrected chi connectivity index (χ4v) is 3.57. The minimum atomic E-state index is 0.896. The summed E-state index contributed by atoms with van der Waals surface area (Å²) in [6, 6.07) is 22.6. The number of benzene rings is 1. The lowest BCUT2D eigenvalue weighted by Gasteiger charge is -2.08. The summed E-state index contributed by atoms with van der Waals surface area (Å²) in [5.41, 5.74) is 7.12. The topological polar surface area (TPSA) is 43.1 Å². The van der Waals surface area contributed by atoms with Crippen molar-refractivity contribution in [3.05, 3.63) is 84.8 Å². The molecule has 0 aliphatic heterocycles. The van der Waals surface area contributed by atoms with Gasteiger partial charge in [0.05, 0.1) is 16.7 Å². The summed E-state index contributed by atoms with van der Waals surface area (Å²) in [6.07, 6.45) is 4.74. The highest BCUT2D eigenvalue weighted by molar-refractivity contribution is 6.03. The molecule has 4 nitrogen and oxygen atoms in total. The maximum Gasteiger partial charge on any atom is 0.120 e. The SMILES string of the molecule is CCc1cccc(-c2nn3ccccc3c2-c2ccnc3ccccc23)n1. The van der Waals surface area contributed by atoms with Crippen molar-refractivity contribution < 1.29 is 0 Å². The number of aromatic nitrogens is 4. The molecule has 0 atom stereocenters. The molecule has 0 unspecified atom stereocenters. The highest BCUT2D eigenvalue weighted by Gasteiger charge is 2.19. The van der Waals surface area contributed by atoms with Gasteiger partial charge in [0.1, 0.15) is 5.69 Å². The molecule has 0 saturated heterocycles. The van der Waals surface area contributed by atoms with E-state index in [1.807, 2.05) is 47.2 Å². The van der Waals surface area contributed by atoms with Crippen LogP contribution >= 0.6 is 0 Å². The van der Waals surface area contributed by atoms with Crippen molar-refractivity contribution in [1.82, 2.24) is 19.6 Å². The van der Waals surface area contributed by atoms with Gasteiger partial charge in [-0.25, -0.2) is 4.52 Å². The second-order valence-corrected chi connectivity index (χ2v) is 6.50. The maximum atomic E-state index is 4.88. The van der Waals surface area contributed by atoms with E-state index in [2.05, 4.69) is 48.3 Å². The summed E-state index contributed by atoms with van der Waals surface area (Å²) in [7, 11) is 0. The predicted octanol–water partition coefficient (Wildman–Crippen LogP) is 5.17. The van der Waals surface area contributed by atoms with Crippen LogP contribution in [-0.4, -0.2) is 19.6 Å². The van der Waals surface area contributed by atoms with Crippen molar-refractivity contribution in [2.45, 2.75) is 13.3 Å². The number of para-hydroxylation sites is 1. The molecule has 0 aliphatic carbocycles. The summed E-state index contributed by atoms with van der Waals surface area (Å²) >= 11 is 0. The van der Waals surface area contributed by atoms with Crippen LogP contribution in [0.2, 0.25) is 0 Å². The van der Waals surface area contributed by atoms with Crippen LogP contribution in [0.4, 0.5) is 0 Å². The van der Waals surface area contributed by atoms with Crippen molar-refractivity contribution in [2.24, 2.45) is 0 Å². The van der Waals surface area contributed by atoms with E-state index in [0.717, 1.165) is 51.0 Å². The number of hydrogen-bond donors (Lipinski definition) is 0. The standard InChI is InChI=1S/C23H18N4/c1-2-16-8-7-11-20(25-16)23-22(21-12-5-6-15-27(21)26-23)18-13-14-24-19-10-4-3-9-17(18)19/h3-15H,2H2,1H3. The van der Waals surface area contributed by atoms with Crippen molar-refractivity contribution in [3.8, 4) is 22.5 Å². The van der Waals surface area contributed by atoms with E-state index in [0.29, 0.717) is 0 Å². The van der Waals surface area contributed by atoms with Gasteiger partial charge in [-0.2, -0.15) is 5.10 Å². The molecule has 0 radical (unpaired) electrons. The third kappa shape index (κ3) is 2.57. The van der Waals surface area contributed by atoms with E-state index in [9.17, 15) is 0 Å². The van der Waals surface area contributed by atoms with Crippen LogP contribution in [0, 0.1) is 0 Å². The number of fused-ring (bicyclic) bond motifs is 2. The van der Waals surface area contributed by atoms with Crippen LogP contribution in [0.25, 0.3) is 38.9 Å². The molecular weight excluding hydrogens is 332 g/mol. The average molecular weight is 350 g/mol. The molecule has 0 bridgehead atoms. The third-order valence-corrected chi connectivity index (χ3v) is 4.87. The Morgan fingerprint density at radius 3 is 2.70 bits per heavy atom. The normalized spacial score (nSPS) is 11.3. The molecule has 0 fully saturated rings. The number of aryl methyl sites for hydroxylation is 1. The van der Waals surface area contributed by atoms with E-state index in [1.165, 1.54) is 0 Å². The predicted molar refractivity (Wildman–Crippen MR) is 109 cm³/mol. The smallest absolute Gasteiger partial charge is 0.120 e. The van der Waals surface area contributed by atoms with E-state index >= 15 is 0 Å². The molecule has 0 spiro atoms. The fraction of sp³-hybridized carbons (Fsp3) is 0.0870. The lowest BCUT2D eigenvalue weighted by molar-refractivity contribution is 0.957. The van der Waals surface area contributed by atoms with Gasteiger partial charge in [0, 0.05) is 29.0 Å². The van der Waals surface area contributed by atoms with E-state index in [-0.39, 0.29) is 0 Å². The molecule has 0 saturated carbocycles. The zero-order valence-electron chi connectivity index (χ0n) is 15.0. The quantitative estimate of drug-likeness (QED) is 0.451. The average Bonchev–Trinajstić information content (AvgIpc) is 3.13. The van der Waals surface area contributed by atoms with Gasteiger partial charge in [-0.15, -0.1) is 0 Å². The van der Waals surface area contributed by atoms with Crippen LogP contribution in [-0.2, 0) is 6.42 Å². The fourth-order valence-electron chi connectivity index (χ4n) is 3.57. The van der Waals surface area contributed by atoms with Crippen LogP contribution in [0.1, 0.15) is 12.6 Å². The van der Waals surface area contributed by atoms with Gasteiger partial charge in [-0.1, -0.05) is 37.3 Å². The minimum Gasteiger partial charge on any atom is -0.256 e. The van der Waals surface area contributed by atoms with Crippen LogP contribution in [0.15, 0.2) is 79.1 Å². The summed E-state index contributed by atoms with van der Waals surface area (Å²) in [6.45, 7) is 2.12. The highest BCUT2D eigenvalue weighted by atomic mass is 15.2. The zero-order chi connectivity index (χ0) is 18.2. The lowest BCUT2D eigenvalue weighted by Crippen LogP contribution is -1.92. The molecule has 5 rings (SSSR count). The second-order valence-electron chi connectivity index (χ2n) is 6.50. The van der Waals surface area contributed by atoms with E-state index < -0.39 is 0 Å². The van der Waals surface area contributed by atoms with Crippen molar-refractivity contribution >= 4 is 16.4 Å². The van der Waals surface area contributed by atoms with Gasteiger partial charge in [0.2, 0.25) is 0 Å². The summed E-state index contributed by atoms with van der Waals surface area (Å²) in [4.78, 5) is 9.35. The zero-order valence-corrected chi connectivity index (χ0v) is 15.0. The molecule has 0 amide bonds. The first kappa shape index (κ1) is 15.7. The van der Waals surface area contributed by atoms with Gasteiger partial charge in [-0.05, 0) is 48.4 Å². The van der Waals surface area contributed by atoms with Gasteiger partial charge in [0.25, 0.3) is 0 Å². The van der Waals surface area contributed by atoms with E-state index in [1.54, 1.807) is 0 Å². The van der Waals surface area contributed by atoms with Gasteiger partial charge in [-0.3, -0.25) is 9.97 Å². The minimum absolute atomic E-state index is 0.896. The van der Waals surface area contributed by atoms with Gasteiger partial charge < -0.3 is 0 Å². The van der Waals surface area contributed by atoms with E-state index in [4.69, 9.17) is 10.1 Å². The Kier molecular flexibility index (Phi) is 3.68. The first-order valence-corrected chi connectivity index (χ1v) is 9.13. The number of pyridine rings is 3. The summed E-state index contributed by atoms with van der Waals surface area (Å²) in [5.74, 6) is 0. The first-order chi connectivity index (χ1) is 13.3. The molecule has 1 aromatic carbocycles. The number of nitrogens with zero attached hydrogens (tertiary/aromatic N) is 4. The highest BCUT2D eigenvalue weighted by Crippen LogP contribution is 2.37. The Balaban J connectivity index is 1.88. The Morgan fingerprint density at radius 2 is 1.78 bits per heavy atom. The lowest BCUT2D eigenvalue weighted by atomic mass is 9.98. The van der Waals surface area contributed by atoms with Crippen molar-refractivity contribution in [2.75, 3.05) is 0 Å². The molecule has 4 heteroatoms. The number of rotatable bonds is 3. The van der Waals surface area contributed by atoms with Crippen molar-refractivity contribution in [3.63, 3.8) is 0 Å². The Hall–Kier alpha value is -3.53. The maximum absolute atomic E-state index is 4.88. The molecular formula is C23H18N4. The van der Waals surface area contributed by atoms with Crippen molar-refractivity contribution in [1.29, 1.82) is 0 Å². The number of hydrogen-bond acceptors (Lipinski definition) is 3.